The van der Waals surface area contributed by atoms with Gasteiger partial charge >= 0.3 is 5.97 Å². The molecule has 0 unspecified atom stereocenters. The Hall–Kier alpha value is -2.74. The van der Waals surface area contributed by atoms with Crippen LogP contribution in [-0.4, -0.2) is 39.8 Å². The summed E-state index contributed by atoms with van der Waals surface area (Å²) in [6.07, 6.45) is 0. The van der Waals surface area contributed by atoms with E-state index in [1.807, 2.05) is 0 Å². The van der Waals surface area contributed by atoms with Crippen LogP contribution < -0.4 is 19.5 Å². The van der Waals surface area contributed by atoms with Crippen LogP contribution in [0, 0.1) is 0 Å². The molecule has 7 nitrogen and oxygen atoms in total. The monoisotopic (exact) mass is 423 g/mol. The molecule has 26 heavy (non-hydrogen) atoms. The van der Waals surface area contributed by atoms with Gasteiger partial charge in [-0.1, -0.05) is 15.9 Å². The number of carbonyl (C=O) groups excluding carboxylic acids is 2. The zero-order valence-electron chi connectivity index (χ0n) is 14.5. The van der Waals surface area contributed by atoms with E-state index < -0.39 is 18.5 Å². The highest BCUT2D eigenvalue weighted by atomic mass is 79.9. The highest BCUT2D eigenvalue weighted by Gasteiger charge is 2.22. The third kappa shape index (κ3) is 4.66. The fourth-order valence-corrected chi connectivity index (χ4v) is 2.47. The number of rotatable bonds is 7. The fraction of sp³-hybridized carbons (Fsp3) is 0.222. The number of anilines is 1. The van der Waals surface area contributed by atoms with Crippen LogP contribution in [0.25, 0.3) is 0 Å². The SMILES string of the molecule is COc1ccc(C(=O)OCC(=O)Nc2ccc(Br)cc2)c(OC)c1OC. The number of carbonyl (C=O) groups is 2. The topological polar surface area (TPSA) is 83.1 Å². The minimum atomic E-state index is -0.714. The standard InChI is InChI=1S/C18H18BrNO6/c1-23-14-9-8-13(16(24-2)17(14)25-3)18(22)26-10-15(21)20-12-6-4-11(19)5-7-12/h4-9H,10H2,1-3H3,(H,20,21). The van der Waals surface area contributed by atoms with Crippen molar-refractivity contribution >= 4 is 33.5 Å². The molecule has 138 valence electrons. The summed E-state index contributed by atoms with van der Waals surface area (Å²) in [7, 11) is 4.30. The largest absolute Gasteiger partial charge is 0.493 e. The van der Waals surface area contributed by atoms with E-state index in [4.69, 9.17) is 18.9 Å². The Morgan fingerprint density at radius 1 is 0.923 bits per heavy atom. The average Bonchev–Trinajstić information content (AvgIpc) is 2.66. The van der Waals surface area contributed by atoms with E-state index in [0.717, 1.165) is 4.47 Å². The Balaban J connectivity index is 2.05. The van der Waals surface area contributed by atoms with Crippen LogP contribution in [0.3, 0.4) is 0 Å². The molecular formula is C18H18BrNO6. The molecule has 0 heterocycles. The number of esters is 1. The van der Waals surface area contributed by atoms with Crippen LogP contribution >= 0.6 is 15.9 Å². The zero-order valence-corrected chi connectivity index (χ0v) is 16.1. The third-order valence-corrected chi connectivity index (χ3v) is 3.92. The molecule has 1 amide bonds. The minimum Gasteiger partial charge on any atom is -0.493 e. The average molecular weight is 424 g/mol. The lowest BCUT2D eigenvalue weighted by atomic mass is 10.1. The summed E-state index contributed by atoms with van der Waals surface area (Å²) in [6, 6.07) is 10.1. The number of methoxy groups -OCH3 is 3. The molecule has 2 aromatic rings. The van der Waals surface area contributed by atoms with Crippen molar-refractivity contribution in [3.63, 3.8) is 0 Å². The smallest absolute Gasteiger partial charge is 0.342 e. The summed E-state index contributed by atoms with van der Waals surface area (Å²) in [5.41, 5.74) is 0.722. The van der Waals surface area contributed by atoms with Gasteiger partial charge in [-0.15, -0.1) is 0 Å². The first kappa shape index (κ1) is 19.6. The van der Waals surface area contributed by atoms with Gasteiger partial charge in [0.2, 0.25) is 5.75 Å². The number of hydrogen-bond acceptors (Lipinski definition) is 6. The van der Waals surface area contributed by atoms with Gasteiger partial charge in [0.25, 0.3) is 5.91 Å². The second-order valence-electron chi connectivity index (χ2n) is 5.01. The molecule has 0 fully saturated rings. The lowest BCUT2D eigenvalue weighted by Gasteiger charge is -2.15. The van der Waals surface area contributed by atoms with Gasteiger partial charge in [0.05, 0.1) is 21.3 Å². The number of benzene rings is 2. The van der Waals surface area contributed by atoms with Crippen molar-refractivity contribution in [2.75, 3.05) is 33.3 Å². The molecule has 8 heteroatoms. The molecule has 0 saturated heterocycles. The number of ether oxygens (including phenoxy) is 4. The van der Waals surface area contributed by atoms with Crippen molar-refractivity contribution in [1.29, 1.82) is 0 Å². The molecule has 0 aromatic heterocycles. The van der Waals surface area contributed by atoms with Crippen LogP contribution in [0.4, 0.5) is 5.69 Å². The normalized spacial score (nSPS) is 10.0. The summed E-state index contributed by atoms with van der Waals surface area (Å²) in [5, 5.41) is 2.63. The summed E-state index contributed by atoms with van der Waals surface area (Å²) < 4.78 is 21.6. The maximum absolute atomic E-state index is 12.3. The van der Waals surface area contributed by atoms with E-state index in [1.165, 1.54) is 27.4 Å². The Labute approximate surface area is 159 Å². The van der Waals surface area contributed by atoms with Crippen LogP contribution in [0.15, 0.2) is 40.9 Å². The Morgan fingerprint density at radius 2 is 1.58 bits per heavy atom. The van der Waals surface area contributed by atoms with Gasteiger partial charge in [-0.25, -0.2) is 4.79 Å². The first-order valence-electron chi connectivity index (χ1n) is 7.51. The molecule has 0 aliphatic heterocycles. The lowest BCUT2D eigenvalue weighted by Crippen LogP contribution is -2.21. The quantitative estimate of drug-likeness (QED) is 0.688. The zero-order chi connectivity index (χ0) is 19.1. The van der Waals surface area contributed by atoms with Crippen molar-refractivity contribution in [2.24, 2.45) is 0 Å². The van der Waals surface area contributed by atoms with E-state index in [2.05, 4.69) is 21.2 Å². The number of halogens is 1. The van der Waals surface area contributed by atoms with E-state index in [-0.39, 0.29) is 17.1 Å². The molecule has 0 atom stereocenters. The van der Waals surface area contributed by atoms with Gasteiger partial charge in [0.15, 0.2) is 18.1 Å². The van der Waals surface area contributed by atoms with Gasteiger partial charge in [-0.05, 0) is 36.4 Å². The summed E-state index contributed by atoms with van der Waals surface area (Å²) in [5.74, 6) is -0.323. The summed E-state index contributed by atoms with van der Waals surface area (Å²) in [4.78, 5) is 24.2. The predicted molar refractivity (Wildman–Crippen MR) is 99.2 cm³/mol. The second kappa shape index (κ2) is 9.10. The van der Waals surface area contributed by atoms with Crippen LogP contribution in [0.5, 0.6) is 17.2 Å². The molecule has 0 spiro atoms. The lowest BCUT2D eigenvalue weighted by molar-refractivity contribution is -0.119. The number of nitrogens with one attached hydrogen (secondary N) is 1. The third-order valence-electron chi connectivity index (χ3n) is 3.39. The van der Waals surface area contributed by atoms with Gasteiger partial charge in [0, 0.05) is 10.2 Å². The molecular weight excluding hydrogens is 406 g/mol. The van der Waals surface area contributed by atoms with Gasteiger partial charge < -0.3 is 24.3 Å². The van der Waals surface area contributed by atoms with Gasteiger partial charge in [-0.2, -0.15) is 0 Å². The van der Waals surface area contributed by atoms with Crippen molar-refractivity contribution < 1.29 is 28.5 Å². The van der Waals surface area contributed by atoms with E-state index in [0.29, 0.717) is 11.4 Å². The van der Waals surface area contributed by atoms with Crippen molar-refractivity contribution in [3.8, 4) is 17.2 Å². The first-order chi connectivity index (χ1) is 12.5. The Morgan fingerprint density at radius 3 is 2.15 bits per heavy atom. The fourth-order valence-electron chi connectivity index (χ4n) is 2.20. The predicted octanol–water partition coefficient (Wildman–Crippen LogP) is 3.27. The molecule has 0 bridgehead atoms. The Bertz CT molecular complexity index is 791. The highest BCUT2D eigenvalue weighted by molar-refractivity contribution is 9.10. The van der Waals surface area contributed by atoms with Crippen molar-refractivity contribution in [3.05, 3.63) is 46.4 Å². The van der Waals surface area contributed by atoms with E-state index in [1.54, 1.807) is 30.3 Å². The van der Waals surface area contributed by atoms with E-state index >= 15 is 0 Å². The molecule has 1 N–H and O–H groups in total. The molecule has 0 aliphatic carbocycles. The van der Waals surface area contributed by atoms with Crippen LogP contribution in [0.2, 0.25) is 0 Å². The molecule has 2 aromatic carbocycles. The second-order valence-corrected chi connectivity index (χ2v) is 5.93. The molecule has 0 radical (unpaired) electrons. The van der Waals surface area contributed by atoms with E-state index in [9.17, 15) is 9.59 Å². The summed E-state index contributed by atoms with van der Waals surface area (Å²) in [6.45, 7) is -0.438. The first-order valence-corrected chi connectivity index (χ1v) is 8.31. The van der Waals surface area contributed by atoms with Crippen molar-refractivity contribution in [1.82, 2.24) is 0 Å². The van der Waals surface area contributed by atoms with Gasteiger partial charge in [0.1, 0.15) is 5.56 Å². The van der Waals surface area contributed by atoms with Crippen LogP contribution in [-0.2, 0) is 9.53 Å². The molecule has 0 aliphatic rings. The van der Waals surface area contributed by atoms with Gasteiger partial charge in [-0.3, -0.25) is 4.79 Å². The number of amides is 1. The van der Waals surface area contributed by atoms with Crippen molar-refractivity contribution in [2.45, 2.75) is 0 Å². The Kier molecular flexibility index (Phi) is 6.85. The summed E-state index contributed by atoms with van der Waals surface area (Å²) >= 11 is 3.31. The maximum atomic E-state index is 12.3. The number of hydrogen-bond donors (Lipinski definition) is 1. The highest BCUT2D eigenvalue weighted by Crippen LogP contribution is 2.39. The molecule has 0 saturated carbocycles. The molecule has 2 rings (SSSR count). The maximum Gasteiger partial charge on any atom is 0.342 e. The van der Waals surface area contributed by atoms with Crippen LogP contribution in [0.1, 0.15) is 10.4 Å². The minimum absolute atomic E-state index is 0.126.